The third-order valence-electron chi connectivity index (χ3n) is 5.76. The summed E-state index contributed by atoms with van der Waals surface area (Å²) < 4.78 is 32.7. The Bertz CT molecular complexity index is 1070. The van der Waals surface area contributed by atoms with Crippen molar-refractivity contribution in [3.05, 3.63) is 41.7 Å². The number of aromatic amines is 1. The van der Waals surface area contributed by atoms with Gasteiger partial charge in [-0.3, -0.25) is 0 Å². The summed E-state index contributed by atoms with van der Waals surface area (Å²) in [6, 6.07) is 8.73. The largest absolute Gasteiger partial charge is 0.498 e. The summed E-state index contributed by atoms with van der Waals surface area (Å²) in [6.07, 6.45) is 0. The number of carbonyl (C=O) groups is 1. The van der Waals surface area contributed by atoms with Crippen molar-refractivity contribution in [1.29, 1.82) is 0 Å². The second-order valence-corrected chi connectivity index (χ2v) is 8.05. The van der Waals surface area contributed by atoms with E-state index in [1.165, 1.54) is 6.07 Å². The zero-order valence-electron chi connectivity index (χ0n) is 16.7. The molecule has 28 heavy (non-hydrogen) atoms. The van der Waals surface area contributed by atoms with E-state index in [1.54, 1.807) is 6.92 Å². The molecule has 4 rings (SSSR count). The summed E-state index contributed by atoms with van der Waals surface area (Å²) in [6.45, 7) is 9.61. The van der Waals surface area contributed by atoms with E-state index in [2.05, 4.69) is 4.98 Å². The molecule has 0 bridgehead atoms. The maximum absolute atomic E-state index is 15.4. The minimum absolute atomic E-state index is 0.158. The van der Waals surface area contributed by atoms with Crippen LogP contribution in [0, 0.1) is 5.82 Å². The topological polar surface area (TPSA) is 60.6 Å². The van der Waals surface area contributed by atoms with Gasteiger partial charge in [0.1, 0.15) is 5.82 Å². The number of para-hydroxylation sites is 1. The fourth-order valence-electron chi connectivity index (χ4n) is 3.58. The number of ether oxygens (including phenoxy) is 1. The first-order chi connectivity index (χ1) is 13.2. The molecule has 2 heterocycles. The Hall–Kier alpha value is -2.38. The minimum Gasteiger partial charge on any atom is -0.462 e. The molecule has 0 saturated carbocycles. The number of H-pyrrole nitrogens is 1. The molecule has 0 atom stereocenters. The normalized spacial score (nSPS) is 18.1. The molecule has 1 fully saturated rings. The smallest absolute Gasteiger partial charge is 0.462 e. The lowest BCUT2D eigenvalue weighted by atomic mass is 9.75. The molecular formula is C21H23BFNO4. The van der Waals surface area contributed by atoms with Crippen LogP contribution >= 0.6 is 0 Å². The molecule has 0 amide bonds. The van der Waals surface area contributed by atoms with Crippen LogP contribution in [-0.2, 0) is 14.0 Å². The average molecular weight is 383 g/mol. The third-order valence-corrected chi connectivity index (χ3v) is 5.76. The summed E-state index contributed by atoms with van der Waals surface area (Å²) in [5.74, 6) is -1.13. The van der Waals surface area contributed by atoms with E-state index in [4.69, 9.17) is 14.0 Å². The van der Waals surface area contributed by atoms with Crippen molar-refractivity contribution in [2.24, 2.45) is 0 Å². The molecule has 1 aliphatic heterocycles. The van der Waals surface area contributed by atoms with Crippen LogP contribution in [0.25, 0.3) is 21.8 Å². The first kappa shape index (κ1) is 19.0. The Morgan fingerprint density at radius 2 is 1.82 bits per heavy atom. The predicted octanol–water partition coefficient (Wildman–Crippen LogP) is 3.94. The van der Waals surface area contributed by atoms with Crippen LogP contribution in [0.5, 0.6) is 0 Å². The van der Waals surface area contributed by atoms with Crippen LogP contribution in [-0.4, -0.2) is 35.9 Å². The maximum Gasteiger partial charge on any atom is 0.498 e. The standard InChI is InChI=1S/C21H23BFNO4/c1-6-26-19(25)13-11-14(23)17(22-27-20(2,3)21(4,5)28-22)16-12-9-7-8-10-15(12)24-18(13)16/h7-11,24H,6H2,1-5H3. The molecule has 3 aromatic rings. The highest BCUT2D eigenvalue weighted by molar-refractivity contribution is 6.66. The fourth-order valence-corrected chi connectivity index (χ4v) is 3.58. The number of hydrogen-bond acceptors (Lipinski definition) is 4. The minimum atomic E-state index is -0.886. The second kappa shape index (κ2) is 6.32. The van der Waals surface area contributed by atoms with Gasteiger partial charge in [-0.2, -0.15) is 0 Å². The van der Waals surface area contributed by atoms with Crippen molar-refractivity contribution in [3.8, 4) is 0 Å². The number of nitrogens with one attached hydrogen (secondary N) is 1. The van der Waals surface area contributed by atoms with Gasteiger partial charge in [-0.05, 0) is 46.8 Å². The lowest BCUT2D eigenvalue weighted by molar-refractivity contribution is 0.00578. The number of carbonyl (C=O) groups excluding carboxylic acids is 1. The molecule has 2 aromatic carbocycles. The van der Waals surface area contributed by atoms with Gasteiger partial charge in [-0.25, -0.2) is 9.18 Å². The van der Waals surface area contributed by atoms with Gasteiger partial charge in [0.15, 0.2) is 0 Å². The van der Waals surface area contributed by atoms with E-state index in [0.717, 1.165) is 10.9 Å². The molecule has 0 spiro atoms. The quantitative estimate of drug-likeness (QED) is 0.550. The average Bonchev–Trinajstić information content (AvgIpc) is 3.09. The molecule has 0 unspecified atom stereocenters. The summed E-state index contributed by atoms with van der Waals surface area (Å²) in [5, 5.41) is 1.38. The summed E-state index contributed by atoms with van der Waals surface area (Å²) in [4.78, 5) is 15.7. The highest BCUT2D eigenvalue weighted by Crippen LogP contribution is 2.38. The molecule has 1 saturated heterocycles. The zero-order valence-corrected chi connectivity index (χ0v) is 16.7. The predicted molar refractivity (Wildman–Crippen MR) is 107 cm³/mol. The molecule has 1 aromatic heterocycles. The highest BCUT2D eigenvalue weighted by atomic mass is 19.1. The number of rotatable bonds is 3. The molecule has 146 valence electrons. The summed E-state index contributed by atoms with van der Waals surface area (Å²) in [5.41, 5.74) is 0.548. The lowest BCUT2D eigenvalue weighted by Gasteiger charge is -2.32. The second-order valence-electron chi connectivity index (χ2n) is 8.05. The summed E-state index contributed by atoms with van der Waals surface area (Å²) >= 11 is 0. The van der Waals surface area contributed by atoms with Crippen molar-refractivity contribution in [3.63, 3.8) is 0 Å². The molecule has 0 aliphatic carbocycles. The lowest BCUT2D eigenvalue weighted by Crippen LogP contribution is -2.41. The molecule has 1 aliphatic rings. The number of fused-ring (bicyclic) bond motifs is 3. The Balaban J connectivity index is 2.01. The van der Waals surface area contributed by atoms with E-state index in [1.807, 2.05) is 52.0 Å². The fraction of sp³-hybridized carbons (Fsp3) is 0.381. The van der Waals surface area contributed by atoms with Gasteiger partial charge in [0.05, 0.1) is 28.9 Å². The van der Waals surface area contributed by atoms with Crippen LogP contribution in [0.3, 0.4) is 0 Å². The van der Waals surface area contributed by atoms with E-state index in [9.17, 15) is 4.79 Å². The number of esters is 1. The van der Waals surface area contributed by atoms with E-state index in [0.29, 0.717) is 16.4 Å². The summed E-state index contributed by atoms with van der Waals surface area (Å²) in [7, 11) is -0.886. The number of benzene rings is 2. The Morgan fingerprint density at radius 1 is 1.18 bits per heavy atom. The van der Waals surface area contributed by atoms with E-state index >= 15 is 4.39 Å². The Kier molecular flexibility index (Phi) is 4.28. The van der Waals surface area contributed by atoms with Gasteiger partial charge in [0, 0.05) is 21.8 Å². The molecule has 1 N–H and O–H groups in total. The van der Waals surface area contributed by atoms with Gasteiger partial charge in [0.2, 0.25) is 0 Å². The van der Waals surface area contributed by atoms with Gasteiger partial charge in [-0.15, -0.1) is 0 Å². The van der Waals surface area contributed by atoms with Gasteiger partial charge in [0.25, 0.3) is 0 Å². The molecule has 7 heteroatoms. The van der Waals surface area contributed by atoms with Crippen molar-refractivity contribution in [2.75, 3.05) is 6.61 Å². The third kappa shape index (κ3) is 2.72. The first-order valence-corrected chi connectivity index (χ1v) is 9.42. The number of hydrogen-bond donors (Lipinski definition) is 1. The maximum atomic E-state index is 15.4. The van der Waals surface area contributed by atoms with Crippen molar-refractivity contribution >= 4 is 40.4 Å². The van der Waals surface area contributed by atoms with Crippen molar-refractivity contribution in [1.82, 2.24) is 4.98 Å². The van der Waals surface area contributed by atoms with Gasteiger partial charge >= 0.3 is 13.1 Å². The highest BCUT2D eigenvalue weighted by Gasteiger charge is 2.53. The molecule has 0 radical (unpaired) electrons. The van der Waals surface area contributed by atoms with Crippen LogP contribution in [0.1, 0.15) is 45.0 Å². The number of aromatic nitrogens is 1. The monoisotopic (exact) mass is 383 g/mol. The zero-order chi connectivity index (χ0) is 20.3. The van der Waals surface area contributed by atoms with Crippen LogP contribution in [0.2, 0.25) is 0 Å². The van der Waals surface area contributed by atoms with Gasteiger partial charge in [-0.1, -0.05) is 18.2 Å². The Morgan fingerprint density at radius 3 is 2.46 bits per heavy atom. The van der Waals surface area contributed by atoms with Crippen LogP contribution in [0.15, 0.2) is 30.3 Å². The van der Waals surface area contributed by atoms with Crippen LogP contribution < -0.4 is 5.46 Å². The van der Waals surface area contributed by atoms with Crippen molar-refractivity contribution in [2.45, 2.75) is 45.8 Å². The SMILES string of the molecule is CCOC(=O)c1cc(F)c(B2OC(C)(C)C(C)(C)O2)c2c1[nH]c1ccccc12. The van der Waals surface area contributed by atoms with Crippen molar-refractivity contribution < 1.29 is 23.2 Å². The van der Waals surface area contributed by atoms with Crippen LogP contribution in [0.4, 0.5) is 4.39 Å². The number of halogens is 1. The Labute approximate surface area is 163 Å². The molecule has 5 nitrogen and oxygen atoms in total. The van der Waals surface area contributed by atoms with E-state index in [-0.39, 0.29) is 12.2 Å². The first-order valence-electron chi connectivity index (χ1n) is 9.42. The molecular weight excluding hydrogens is 360 g/mol. The van der Waals surface area contributed by atoms with E-state index < -0.39 is 30.1 Å². The van der Waals surface area contributed by atoms with Gasteiger partial charge < -0.3 is 19.0 Å².